The largest absolute Gasteiger partial charge is 0.429 e. The monoisotopic (exact) mass is 215 g/mol. The van der Waals surface area contributed by atoms with Crippen LogP contribution in [0.5, 0.6) is 10.9 Å². The Balaban J connectivity index is 2.22. The van der Waals surface area contributed by atoms with E-state index < -0.39 is 11.6 Å². The number of halogens is 2. The fraction of sp³-hybridized carbons (Fsp3) is 0. The van der Waals surface area contributed by atoms with E-state index in [-0.39, 0.29) is 10.9 Å². The van der Waals surface area contributed by atoms with Gasteiger partial charge in [0, 0.05) is 17.6 Å². The van der Waals surface area contributed by atoms with Crippen LogP contribution < -0.4 is 4.74 Å². The van der Waals surface area contributed by atoms with Gasteiger partial charge in [-0.05, 0) is 17.3 Å². The highest BCUT2D eigenvalue weighted by atomic mass is 32.1. The highest BCUT2D eigenvalue weighted by Crippen LogP contribution is 2.22. The molecule has 0 saturated carbocycles. The second-order valence-corrected chi connectivity index (χ2v) is 3.00. The van der Waals surface area contributed by atoms with E-state index in [4.69, 9.17) is 4.74 Å². The maximum Gasteiger partial charge on any atom is 0.319 e. The zero-order chi connectivity index (χ0) is 9.97. The number of hydrogen-bond donors (Lipinski definition) is 0. The summed E-state index contributed by atoms with van der Waals surface area (Å²) in [7, 11) is 0. The van der Waals surface area contributed by atoms with E-state index in [9.17, 15) is 8.78 Å². The molecule has 0 spiro atoms. The Morgan fingerprint density at radius 2 is 2.07 bits per heavy atom. The molecule has 0 aliphatic rings. The van der Waals surface area contributed by atoms with Gasteiger partial charge in [-0.2, -0.15) is 0 Å². The lowest BCUT2D eigenvalue weighted by Gasteiger charge is -1.99. The quantitative estimate of drug-likeness (QED) is 0.768. The lowest BCUT2D eigenvalue weighted by molar-refractivity contribution is 0.455. The third kappa shape index (κ3) is 1.82. The Labute approximate surface area is 81.3 Å². The summed E-state index contributed by atoms with van der Waals surface area (Å²) in [6.07, 6.45) is 0. The second-order valence-electron chi connectivity index (χ2n) is 2.31. The van der Waals surface area contributed by atoms with Gasteiger partial charge in [0.15, 0.2) is 11.6 Å². The Bertz CT molecular complexity index is 435. The van der Waals surface area contributed by atoms with Crippen LogP contribution in [0.1, 0.15) is 0 Å². The summed E-state index contributed by atoms with van der Waals surface area (Å²) in [5.74, 6) is -1.74. The van der Waals surface area contributed by atoms with E-state index in [1.807, 2.05) is 0 Å². The molecule has 0 bridgehead atoms. The number of ether oxygens (including phenoxy) is 1. The normalized spacial score (nSPS) is 10.1. The minimum atomic E-state index is -0.972. The summed E-state index contributed by atoms with van der Waals surface area (Å²) in [5.41, 5.74) is 0. The van der Waals surface area contributed by atoms with Crippen molar-refractivity contribution in [2.45, 2.75) is 0 Å². The highest BCUT2D eigenvalue weighted by Gasteiger charge is 2.05. The fourth-order valence-electron chi connectivity index (χ4n) is 0.806. The molecule has 1 aromatic heterocycles. The first kappa shape index (κ1) is 8.95. The Morgan fingerprint density at radius 1 is 1.21 bits per heavy atom. The molecule has 0 N–H and O–H groups in total. The molecule has 0 saturated heterocycles. The van der Waals surface area contributed by atoms with Crippen LogP contribution in [0, 0.1) is 11.6 Å². The number of rotatable bonds is 2. The molecule has 0 radical (unpaired) electrons. The van der Waals surface area contributed by atoms with Gasteiger partial charge in [0.05, 0.1) is 0 Å². The molecule has 4 nitrogen and oxygen atoms in total. The van der Waals surface area contributed by atoms with Crippen molar-refractivity contribution in [3.8, 4) is 10.9 Å². The molecule has 0 amide bonds. The number of nitrogens with zero attached hydrogens (tertiary/aromatic N) is 3. The van der Waals surface area contributed by atoms with Gasteiger partial charge >= 0.3 is 5.19 Å². The molecule has 72 valence electrons. The first-order valence-corrected chi connectivity index (χ1v) is 4.31. The lowest BCUT2D eigenvalue weighted by Crippen LogP contribution is -1.87. The van der Waals surface area contributed by atoms with Crippen molar-refractivity contribution in [1.82, 2.24) is 14.8 Å². The molecule has 0 atom stereocenters. The van der Waals surface area contributed by atoms with E-state index in [2.05, 4.69) is 14.8 Å². The molecule has 2 rings (SSSR count). The summed E-state index contributed by atoms with van der Waals surface area (Å²) in [5, 5.41) is 6.94. The van der Waals surface area contributed by atoms with Crippen molar-refractivity contribution in [2.24, 2.45) is 0 Å². The Morgan fingerprint density at radius 3 is 2.71 bits per heavy atom. The highest BCUT2D eigenvalue weighted by molar-refractivity contribution is 7.07. The fourth-order valence-corrected chi connectivity index (χ4v) is 1.16. The minimum absolute atomic E-state index is 0.155. The molecular formula is C7H3F2N3OS. The van der Waals surface area contributed by atoms with Crippen LogP contribution in [0.2, 0.25) is 0 Å². The first-order valence-electron chi connectivity index (χ1n) is 3.53. The smallest absolute Gasteiger partial charge is 0.319 e. The third-order valence-electron chi connectivity index (χ3n) is 1.38. The molecule has 2 aromatic rings. The first-order chi connectivity index (χ1) is 6.75. The second kappa shape index (κ2) is 3.62. The van der Waals surface area contributed by atoms with Gasteiger partial charge in [0.1, 0.15) is 5.75 Å². The van der Waals surface area contributed by atoms with E-state index in [0.29, 0.717) is 0 Å². The lowest BCUT2D eigenvalue weighted by atomic mass is 10.3. The molecule has 1 heterocycles. The van der Waals surface area contributed by atoms with Crippen molar-refractivity contribution in [3.63, 3.8) is 0 Å². The molecule has 0 unspecified atom stereocenters. The van der Waals surface area contributed by atoms with Crippen LogP contribution in [0.4, 0.5) is 8.78 Å². The van der Waals surface area contributed by atoms with E-state index in [0.717, 1.165) is 23.7 Å². The average molecular weight is 215 g/mol. The SMILES string of the molecule is Fc1ccc(Oc2nnns2)cc1F. The summed E-state index contributed by atoms with van der Waals surface area (Å²) < 4.78 is 33.7. The molecule has 0 fully saturated rings. The van der Waals surface area contributed by atoms with E-state index >= 15 is 0 Å². The van der Waals surface area contributed by atoms with Crippen molar-refractivity contribution < 1.29 is 13.5 Å². The molecule has 0 aliphatic heterocycles. The summed E-state index contributed by atoms with van der Waals surface area (Å²) in [4.78, 5) is 0. The van der Waals surface area contributed by atoms with Crippen LogP contribution in [-0.2, 0) is 0 Å². The molecule has 0 aliphatic carbocycles. The van der Waals surface area contributed by atoms with Gasteiger partial charge in [-0.1, -0.05) is 9.59 Å². The van der Waals surface area contributed by atoms with Gasteiger partial charge < -0.3 is 4.74 Å². The van der Waals surface area contributed by atoms with Crippen LogP contribution in [0.3, 0.4) is 0 Å². The maximum atomic E-state index is 12.7. The maximum absolute atomic E-state index is 12.7. The molecule has 14 heavy (non-hydrogen) atoms. The van der Waals surface area contributed by atoms with E-state index in [1.54, 1.807) is 0 Å². The van der Waals surface area contributed by atoms with Crippen LogP contribution in [0.15, 0.2) is 18.2 Å². The average Bonchev–Trinajstić information content (AvgIpc) is 2.64. The van der Waals surface area contributed by atoms with Gasteiger partial charge in [-0.15, -0.1) is 0 Å². The number of hydrogen-bond acceptors (Lipinski definition) is 5. The summed E-state index contributed by atoms with van der Waals surface area (Å²) in [6, 6.07) is 3.19. The van der Waals surface area contributed by atoms with Gasteiger partial charge in [-0.3, -0.25) is 0 Å². The zero-order valence-electron chi connectivity index (χ0n) is 6.65. The van der Waals surface area contributed by atoms with Crippen molar-refractivity contribution >= 4 is 11.5 Å². The predicted molar refractivity (Wildman–Crippen MR) is 44.1 cm³/mol. The summed E-state index contributed by atoms with van der Waals surface area (Å²) in [6.45, 7) is 0. The van der Waals surface area contributed by atoms with Gasteiger partial charge in [0.2, 0.25) is 0 Å². The Kier molecular flexibility index (Phi) is 2.32. The van der Waals surface area contributed by atoms with Crippen molar-refractivity contribution in [1.29, 1.82) is 0 Å². The van der Waals surface area contributed by atoms with Crippen molar-refractivity contribution in [3.05, 3.63) is 29.8 Å². The molecule has 1 aromatic carbocycles. The number of aromatic nitrogens is 3. The van der Waals surface area contributed by atoms with Gasteiger partial charge in [0.25, 0.3) is 0 Å². The van der Waals surface area contributed by atoms with Crippen LogP contribution in [0.25, 0.3) is 0 Å². The molecule has 7 heteroatoms. The van der Waals surface area contributed by atoms with Gasteiger partial charge in [-0.25, -0.2) is 8.78 Å². The topological polar surface area (TPSA) is 47.9 Å². The number of benzene rings is 1. The predicted octanol–water partition coefficient (Wildman–Crippen LogP) is 2.00. The Hall–Kier alpha value is -1.63. The molecular weight excluding hydrogens is 212 g/mol. The van der Waals surface area contributed by atoms with Crippen LogP contribution >= 0.6 is 11.5 Å². The zero-order valence-corrected chi connectivity index (χ0v) is 7.46. The standard InChI is InChI=1S/C7H3F2N3OS/c8-5-2-1-4(3-6(5)9)13-7-10-11-12-14-7/h1-3H. The minimum Gasteiger partial charge on any atom is -0.429 e. The van der Waals surface area contributed by atoms with Crippen molar-refractivity contribution in [2.75, 3.05) is 0 Å². The van der Waals surface area contributed by atoms with Crippen LogP contribution in [-0.4, -0.2) is 14.8 Å². The third-order valence-corrected chi connectivity index (χ3v) is 1.85. The summed E-state index contributed by atoms with van der Waals surface area (Å²) >= 11 is 0.917. The van der Waals surface area contributed by atoms with E-state index in [1.165, 1.54) is 6.07 Å².